The van der Waals surface area contributed by atoms with E-state index in [0.717, 1.165) is 31.7 Å². The van der Waals surface area contributed by atoms with Gasteiger partial charge in [0.1, 0.15) is 5.94 Å². The monoisotopic (exact) mass is 360 g/mol. The van der Waals surface area contributed by atoms with Crippen molar-refractivity contribution in [2.24, 2.45) is 5.92 Å². The molecule has 0 aromatic heterocycles. The van der Waals surface area contributed by atoms with Gasteiger partial charge in [-0.3, -0.25) is 4.79 Å². The Hall–Kier alpha value is -0.350. The molecule has 0 atom stereocenters. The van der Waals surface area contributed by atoms with Crippen LogP contribution < -0.4 is 10.6 Å². The highest BCUT2D eigenvalue weighted by Crippen LogP contribution is 2.20. The van der Waals surface area contributed by atoms with Gasteiger partial charge in [-0.25, -0.2) is 0 Å². The standard InChI is InChI=1S/C17H32N2O2S2/c1-15(2)8-7-10-19-17(20)9-5-6-12-21-14-23-22-13-11-18-16(3)4/h15-16,18H,5-6,9-14H2,1-4H3,(H,19,20). The first-order valence-electron chi connectivity index (χ1n) is 8.33. The van der Waals surface area contributed by atoms with Gasteiger partial charge in [0.15, 0.2) is 0 Å². The Morgan fingerprint density at radius 2 is 1.96 bits per heavy atom. The second-order valence-corrected chi connectivity index (χ2v) is 8.31. The lowest BCUT2D eigenvalue weighted by Crippen LogP contribution is -2.24. The molecule has 0 radical (unpaired) electrons. The van der Waals surface area contributed by atoms with Crippen LogP contribution in [0.3, 0.4) is 0 Å². The van der Waals surface area contributed by atoms with Gasteiger partial charge in [-0.1, -0.05) is 61.1 Å². The number of unbranched alkanes of at least 4 members (excludes halogenated alkanes) is 1. The maximum atomic E-state index is 11.5. The first-order chi connectivity index (χ1) is 11.0. The fourth-order valence-electron chi connectivity index (χ4n) is 1.55. The molecule has 0 spiro atoms. The van der Waals surface area contributed by atoms with Gasteiger partial charge in [-0.05, 0) is 12.8 Å². The molecule has 6 heteroatoms. The first-order valence-corrected chi connectivity index (χ1v) is 10.8. The number of ether oxygens (including phenoxy) is 1. The van der Waals surface area contributed by atoms with Crippen LogP contribution in [0, 0.1) is 17.8 Å². The summed E-state index contributed by atoms with van der Waals surface area (Å²) in [4.78, 5) is 11.5. The summed E-state index contributed by atoms with van der Waals surface area (Å²) in [7, 11) is 3.57. The summed E-state index contributed by atoms with van der Waals surface area (Å²) in [5, 5.41) is 6.19. The Bertz CT molecular complexity index is 352. The molecule has 0 bridgehead atoms. The highest BCUT2D eigenvalue weighted by Gasteiger charge is 1.99. The summed E-state index contributed by atoms with van der Waals surface area (Å²) < 4.78 is 5.54. The highest BCUT2D eigenvalue weighted by molar-refractivity contribution is 8.76. The Morgan fingerprint density at radius 3 is 2.65 bits per heavy atom. The molecule has 0 aromatic rings. The predicted molar refractivity (Wildman–Crippen MR) is 103 cm³/mol. The van der Waals surface area contributed by atoms with Crippen molar-refractivity contribution >= 4 is 27.5 Å². The minimum atomic E-state index is 0.0747. The maximum Gasteiger partial charge on any atom is 0.220 e. The molecule has 4 nitrogen and oxygen atoms in total. The van der Waals surface area contributed by atoms with E-state index in [1.807, 2.05) is 24.6 Å². The van der Waals surface area contributed by atoms with Gasteiger partial charge >= 0.3 is 0 Å². The van der Waals surface area contributed by atoms with E-state index >= 15 is 0 Å². The molecule has 0 saturated heterocycles. The van der Waals surface area contributed by atoms with Crippen LogP contribution in [0.15, 0.2) is 0 Å². The van der Waals surface area contributed by atoms with Crippen molar-refractivity contribution in [1.29, 1.82) is 0 Å². The van der Waals surface area contributed by atoms with Crippen molar-refractivity contribution in [3.05, 3.63) is 0 Å². The molecule has 0 aliphatic rings. The van der Waals surface area contributed by atoms with E-state index in [4.69, 9.17) is 4.74 Å². The summed E-state index contributed by atoms with van der Waals surface area (Å²) in [6, 6.07) is 0.552. The van der Waals surface area contributed by atoms with E-state index in [0.29, 0.717) is 30.9 Å². The SMILES string of the molecule is CC(C)C#CCNC(=O)CCCCOCSSCCNC(C)C. The second kappa shape index (κ2) is 16.5. The Labute approximate surface area is 150 Å². The fourth-order valence-corrected chi connectivity index (χ4v) is 3.14. The van der Waals surface area contributed by atoms with E-state index in [1.54, 1.807) is 10.8 Å². The topological polar surface area (TPSA) is 50.4 Å². The molecule has 0 saturated carbocycles. The van der Waals surface area contributed by atoms with Gasteiger partial charge in [0, 0.05) is 37.3 Å². The van der Waals surface area contributed by atoms with Gasteiger partial charge in [0.05, 0.1) is 6.54 Å². The lowest BCUT2D eigenvalue weighted by Gasteiger charge is -2.07. The average molecular weight is 361 g/mol. The van der Waals surface area contributed by atoms with E-state index in [9.17, 15) is 4.79 Å². The van der Waals surface area contributed by atoms with Crippen LogP contribution in [0.5, 0.6) is 0 Å². The summed E-state index contributed by atoms with van der Waals surface area (Å²) in [5.74, 6) is 8.20. The smallest absolute Gasteiger partial charge is 0.220 e. The minimum Gasteiger partial charge on any atom is -0.370 e. The number of amides is 1. The van der Waals surface area contributed by atoms with Crippen molar-refractivity contribution < 1.29 is 9.53 Å². The molecule has 134 valence electrons. The lowest BCUT2D eigenvalue weighted by molar-refractivity contribution is -0.121. The summed E-state index contributed by atoms with van der Waals surface area (Å²) in [6.07, 6.45) is 2.33. The molecular formula is C17H32N2O2S2. The predicted octanol–water partition coefficient (Wildman–Crippen LogP) is 3.29. The van der Waals surface area contributed by atoms with Crippen LogP contribution in [0.2, 0.25) is 0 Å². The maximum absolute atomic E-state index is 11.5. The Kier molecular flexibility index (Phi) is 16.3. The van der Waals surface area contributed by atoms with Crippen molar-refractivity contribution in [2.45, 2.75) is 53.0 Å². The van der Waals surface area contributed by atoms with Crippen LogP contribution in [0.4, 0.5) is 0 Å². The van der Waals surface area contributed by atoms with Crippen molar-refractivity contribution in [3.8, 4) is 11.8 Å². The van der Waals surface area contributed by atoms with Crippen LogP contribution in [-0.2, 0) is 9.53 Å². The van der Waals surface area contributed by atoms with Crippen molar-refractivity contribution in [2.75, 3.05) is 31.4 Å². The number of hydrogen-bond acceptors (Lipinski definition) is 5. The molecule has 0 aromatic carbocycles. The van der Waals surface area contributed by atoms with Crippen molar-refractivity contribution in [3.63, 3.8) is 0 Å². The second-order valence-electron chi connectivity index (χ2n) is 5.78. The number of hydrogen-bond donors (Lipinski definition) is 2. The third-order valence-electron chi connectivity index (χ3n) is 2.66. The van der Waals surface area contributed by atoms with E-state index < -0.39 is 0 Å². The quantitative estimate of drug-likeness (QED) is 0.228. The fraction of sp³-hybridized carbons (Fsp3) is 0.824. The zero-order chi connectivity index (χ0) is 17.3. The van der Waals surface area contributed by atoms with E-state index in [1.165, 1.54) is 0 Å². The molecule has 0 aliphatic heterocycles. The Balaban J connectivity index is 3.24. The summed E-state index contributed by atoms with van der Waals surface area (Å²) in [6.45, 7) is 10.6. The number of carbonyl (C=O) groups is 1. The van der Waals surface area contributed by atoms with E-state index in [2.05, 4.69) is 36.3 Å². The van der Waals surface area contributed by atoms with Gasteiger partial charge in [-0.2, -0.15) is 0 Å². The third-order valence-corrected chi connectivity index (χ3v) is 4.75. The first kappa shape index (κ1) is 22.6. The van der Waals surface area contributed by atoms with Gasteiger partial charge in [0.25, 0.3) is 0 Å². The molecule has 0 fully saturated rings. The molecule has 23 heavy (non-hydrogen) atoms. The average Bonchev–Trinajstić information content (AvgIpc) is 2.48. The zero-order valence-corrected chi connectivity index (χ0v) is 16.6. The summed E-state index contributed by atoms with van der Waals surface area (Å²) in [5.41, 5.74) is 0. The minimum absolute atomic E-state index is 0.0747. The van der Waals surface area contributed by atoms with Gasteiger partial charge < -0.3 is 15.4 Å². The Morgan fingerprint density at radius 1 is 1.17 bits per heavy atom. The number of nitrogens with one attached hydrogen (secondary N) is 2. The van der Waals surface area contributed by atoms with Gasteiger partial charge in [-0.15, -0.1) is 0 Å². The largest absolute Gasteiger partial charge is 0.370 e. The molecule has 0 rings (SSSR count). The zero-order valence-electron chi connectivity index (χ0n) is 14.9. The third kappa shape index (κ3) is 19.6. The molecule has 0 heterocycles. The molecule has 1 amide bonds. The number of carbonyl (C=O) groups excluding carboxylic acids is 1. The van der Waals surface area contributed by atoms with Crippen molar-refractivity contribution in [1.82, 2.24) is 10.6 Å². The van der Waals surface area contributed by atoms with Crippen LogP contribution >= 0.6 is 21.6 Å². The normalized spacial score (nSPS) is 10.7. The highest BCUT2D eigenvalue weighted by atomic mass is 33.1. The lowest BCUT2D eigenvalue weighted by atomic mass is 10.2. The number of rotatable bonds is 13. The van der Waals surface area contributed by atoms with E-state index in [-0.39, 0.29) is 5.91 Å². The summed E-state index contributed by atoms with van der Waals surface area (Å²) >= 11 is 0. The molecular weight excluding hydrogens is 328 g/mol. The van der Waals surface area contributed by atoms with Crippen LogP contribution in [0.25, 0.3) is 0 Å². The molecule has 0 unspecified atom stereocenters. The molecule has 2 N–H and O–H groups in total. The van der Waals surface area contributed by atoms with Gasteiger partial charge in [0.2, 0.25) is 5.91 Å². The molecule has 0 aliphatic carbocycles. The van der Waals surface area contributed by atoms with Crippen LogP contribution in [0.1, 0.15) is 47.0 Å². The van der Waals surface area contributed by atoms with Crippen LogP contribution in [-0.4, -0.2) is 43.3 Å².